The molecule has 0 aliphatic heterocycles. The van der Waals surface area contributed by atoms with Crippen LogP contribution in [0.15, 0.2) is 40.9 Å². The Bertz CT molecular complexity index is 819. The Balaban J connectivity index is 2.03. The smallest absolute Gasteiger partial charge is 0.342 e. The lowest BCUT2D eigenvalue weighted by molar-refractivity contribution is -0.123. The SMILES string of the molecule is Cc1cc(Br)c(O)c(C(=O)OC(C)C(=O)Nc2ccc(N(C)C)cc2)c1. The van der Waals surface area contributed by atoms with Crippen LogP contribution in [0.3, 0.4) is 0 Å². The predicted octanol–water partition coefficient (Wildman–Crippen LogP) is 3.71. The van der Waals surface area contributed by atoms with E-state index in [2.05, 4.69) is 21.2 Å². The standard InChI is InChI=1S/C19H21BrN2O4/c1-11-9-15(17(23)16(20)10-11)19(25)26-12(2)18(24)21-13-5-7-14(8-6-13)22(3)4/h5-10,12,23H,1-4H3,(H,21,24). The van der Waals surface area contributed by atoms with Crippen molar-refractivity contribution in [3.8, 4) is 5.75 Å². The molecule has 0 aliphatic rings. The molecule has 2 aromatic carbocycles. The molecule has 6 nitrogen and oxygen atoms in total. The Labute approximate surface area is 160 Å². The van der Waals surface area contributed by atoms with Gasteiger partial charge in [-0.1, -0.05) is 0 Å². The topological polar surface area (TPSA) is 78.9 Å². The molecule has 1 unspecified atom stereocenters. The zero-order valence-corrected chi connectivity index (χ0v) is 16.6. The minimum Gasteiger partial charge on any atom is -0.506 e. The first-order valence-corrected chi connectivity index (χ1v) is 8.76. The van der Waals surface area contributed by atoms with Gasteiger partial charge in [0.2, 0.25) is 0 Å². The molecule has 2 aromatic rings. The van der Waals surface area contributed by atoms with E-state index < -0.39 is 18.0 Å². The number of esters is 1. The number of halogens is 1. The van der Waals surface area contributed by atoms with Gasteiger partial charge in [0, 0.05) is 25.5 Å². The van der Waals surface area contributed by atoms with Gasteiger partial charge in [0.05, 0.1) is 4.47 Å². The summed E-state index contributed by atoms with van der Waals surface area (Å²) in [4.78, 5) is 26.5. The van der Waals surface area contributed by atoms with Crippen LogP contribution >= 0.6 is 15.9 Å². The number of rotatable bonds is 5. The summed E-state index contributed by atoms with van der Waals surface area (Å²) in [5, 5.41) is 12.7. The van der Waals surface area contributed by atoms with E-state index >= 15 is 0 Å². The zero-order valence-electron chi connectivity index (χ0n) is 15.0. The van der Waals surface area contributed by atoms with Crippen molar-refractivity contribution >= 4 is 39.2 Å². The number of nitrogens with zero attached hydrogens (tertiary/aromatic N) is 1. The number of nitrogens with one attached hydrogen (secondary N) is 1. The average molecular weight is 421 g/mol. The third-order valence-corrected chi connectivity index (χ3v) is 4.34. The molecule has 0 radical (unpaired) electrons. The quantitative estimate of drug-likeness (QED) is 0.720. The van der Waals surface area contributed by atoms with Crippen molar-refractivity contribution < 1.29 is 19.4 Å². The van der Waals surface area contributed by atoms with Crippen LogP contribution < -0.4 is 10.2 Å². The van der Waals surface area contributed by atoms with Gasteiger partial charge >= 0.3 is 5.97 Å². The molecule has 26 heavy (non-hydrogen) atoms. The van der Waals surface area contributed by atoms with Crippen molar-refractivity contribution in [3.05, 3.63) is 52.0 Å². The van der Waals surface area contributed by atoms with E-state index in [0.29, 0.717) is 10.2 Å². The molecule has 0 aliphatic carbocycles. The van der Waals surface area contributed by atoms with E-state index in [-0.39, 0.29) is 11.3 Å². The fourth-order valence-electron chi connectivity index (χ4n) is 2.25. The van der Waals surface area contributed by atoms with Crippen LogP contribution in [0.2, 0.25) is 0 Å². The first kappa shape index (κ1) is 19.8. The maximum Gasteiger partial charge on any atom is 0.342 e. The highest BCUT2D eigenvalue weighted by atomic mass is 79.9. The molecule has 7 heteroatoms. The van der Waals surface area contributed by atoms with Crippen LogP contribution in [0.25, 0.3) is 0 Å². The van der Waals surface area contributed by atoms with Crippen LogP contribution in [-0.2, 0) is 9.53 Å². The molecule has 2 rings (SSSR count). The number of carbonyl (C=O) groups excluding carboxylic acids is 2. The average Bonchev–Trinajstić information content (AvgIpc) is 2.58. The third-order valence-electron chi connectivity index (χ3n) is 3.73. The fourth-order valence-corrected chi connectivity index (χ4v) is 2.83. The van der Waals surface area contributed by atoms with Gasteiger partial charge in [-0.25, -0.2) is 4.79 Å². The van der Waals surface area contributed by atoms with E-state index in [0.717, 1.165) is 11.3 Å². The Hall–Kier alpha value is -2.54. The number of carbonyl (C=O) groups is 2. The van der Waals surface area contributed by atoms with Gasteiger partial charge < -0.3 is 20.1 Å². The molecule has 0 saturated heterocycles. The number of ether oxygens (including phenoxy) is 1. The molecule has 2 N–H and O–H groups in total. The number of amides is 1. The van der Waals surface area contributed by atoms with E-state index in [1.54, 1.807) is 25.1 Å². The first-order chi connectivity index (χ1) is 12.2. The summed E-state index contributed by atoms with van der Waals surface area (Å²) in [5.41, 5.74) is 2.39. The Morgan fingerprint density at radius 3 is 2.38 bits per heavy atom. The fraction of sp³-hybridized carbons (Fsp3) is 0.263. The highest BCUT2D eigenvalue weighted by Crippen LogP contribution is 2.30. The largest absolute Gasteiger partial charge is 0.506 e. The number of phenols is 1. The molecule has 0 spiro atoms. The molecule has 0 fully saturated rings. The molecule has 0 saturated carbocycles. The third kappa shape index (κ3) is 4.76. The maximum atomic E-state index is 12.3. The summed E-state index contributed by atoms with van der Waals surface area (Å²) < 4.78 is 5.57. The van der Waals surface area contributed by atoms with E-state index in [4.69, 9.17) is 4.74 Å². The Morgan fingerprint density at radius 1 is 1.19 bits per heavy atom. The van der Waals surface area contributed by atoms with Crippen LogP contribution in [0.1, 0.15) is 22.8 Å². The summed E-state index contributed by atoms with van der Waals surface area (Å²) in [5.74, 6) is -1.44. The highest BCUT2D eigenvalue weighted by molar-refractivity contribution is 9.10. The molecule has 0 heterocycles. The van der Waals surface area contributed by atoms with Gasteiger partial charge in [-0.3, -0.25) is 4.79 Å². The van der Waals surface area contributed by atoms with Gasteiger partial charge in [-0.15, -0.1) is 0 Å². The lowest BCUT2D eigenvalue weighted by atomic mass is 10.1. The summed E-state index contributed by atoms with van der Waals surface area (Å²) in [7, 11) is 3.85. The van der Waals surface area contributed by atoms with Gasteiger partial charge in [0.1, 0.15) is 11.3 Å². The number of hydrogen-bond donors (Lipinski definition) is 2. The number of aryl methyl sites for hydroxylation is 1. The van der Waals surface area contributed by atoms with Gasteiger partial charge in [-0.2, -0.15) is 0 Å². The number of phenolic OH excluding ortho intramolecular Hbond substituents is 1. The molecule has 1 amide bonds. The minimum atomic E-state index is -1.02. The van der Waals surface area contributed by atoms with E-state index in [1.165, 1.54) is 13.0 Å². The summed E-state index contributed by atoms with van der Waals surface area (Å²) in [6, 6.07) is 10.5. The number of anilines is 2. The number of benzene rings is 2. The van der Waals surface area contributed by atoms with Crippen molar-refractivity contribution in [2.75, 3.05) is 24.3 Å². The van der Waals surface area contributed by atoms with Crippen LogP contribution in [0, 0.1) is 6.92 Å². The number of hydrogen-bond acceptors (Lipinski definition) is 5. The van der Waals surface area contributed by atoms with E-state index in [9.17, 15) is 14.7 Å². The minimum absolute atomic E-state index is 0.00635. The molecular weight excluding hydrogens is 400 g/mol. The van der Waals surface area contributed by atoms with Crippen LogP contribution in [-0.4, -0.2) is 37.2 Å². The van der Waals surface area contributed by atoms with Gasteiger partial charge in [-0.05, 0) is 71.7 Å². The lowest BCUT2D eigenvalue weighted by Crippen LogP contribution is -2.30. The monoisotopic (exact) mass is 420 g/mol. The molecule has 1 atom stereocenters. The zero-order chi connectivity index (χ0) is 19.4. The van der Waals surface area contributed by atoms with Crippen molar-refractivity contribution in [3.63, 3.8) is 0 Å². The summed E-state index contributed by atoms with van der Waals surface area (Å²) in [6.07, 6.45) is -1.02. The normalized spacial score (nSPS) is 11.6. The summed E-state index contributed by atoms with van der Waals surface area (Å²) in [6.45, 7) is 3.26. The molecule has 0 bridgehead atoms. The summed E-state index contributed by atoms with van der Waals surface area (Å²) >= 11 is 3.18. The molecular formula is C19H21BrN2O4. The second-order valence-corrected chi connectivity index (χ2v) is 6.98. The highest BCUT2D eigenvalue weighted by Gasteiger charge is 2.22. The predicted molar refractivity (Wildman–Crippen MR) is 105 cm³/mol. The van der Waals surface area contributed by atoms with Crippen LogP contribution in [0.5, 0.6) is 5.75 Å². The van der Waals surface area contributed by atoms with E-state index in [1.807, 2.05) is 31.1 Å². The van der Waals surface area contributed by atoms with Crippen molar-refractivity contribution in [1.29, 1.82) is 0 Å². The van der Waals surface area contributed by atoms with Crippen molar-refractivity contribution in [1.82, 2.24) is 0 Å². The number of aromatic hydroxyl groups is 1. The molecule has 0 aromatic heterocycles. The molecule has 138 valence electrons. The van der Waals surface area contributed by atoms with Crippen molar-refractivity contribution in [2.45, 2.75) is 20.0 Å². The van der Waals surface area contributed by atoms with Crippen molar-refractivity contribution in [2.24, 2.45) is 0 Å². The second-order valence-electron chi connectivity index (χ2n) is 6.12. The Morgan fingerprint density at radius 2 is 1.81 bits per heavy atom. The van der Waals surface area contributed by atoms with Gasteiger partial charge in [0.25, 0.3) is 5.91 Å². The van der Waals surface area contributed by atoms with Gasteiger partial charge in [0.15, 0.2) is 6.10 Å². The Kier molecular flexibility index (Phi) is 6.26. The maximum absolute atomic E-state index is 12.3. The lowest BCUT2D eigenvalue weighted by Gasteiger charge is -2.16. The van der Waals surface area contributed by atoms with Crippen LogP contribution in [0.4, 0.5) is 11.4 Å². The second kappa shape index (κ2) is 8.23. The first-order valence-electron chi connectivity index (χ1n) is 7.97.